The van der Waals surface area contributed by atoms with Crippen LogP contribution in [0.3, 0.4) is 0 Å². The van der Waals surface area contributed by atoms with Crippen molar-refractivity contribution in [2.75, 3.05) is 20.2 Å². The highest BCUT2D eigenvalue weighted by Crippen LogP contribution is 2.18. The quantitative estimate of drug-likeness (QED) is 0.846. The number of cyclic esters (lactones) is 1. The Hall–Kier alpha value is -1.75. The maximum absolute atomic E-state index is 11.5. The summed E-state index contributed by atoms with van der Waals surface area (Å²) in [5, 5.41) is 0. The SMILES string of the molecule is COc1cccc(CN2CC(CN)OC2=O)c1. The van der Waals surface area contributed by atoms with Gasteiger partial charge in [0, 0.05) is 13.1 Å². The zero-order valence-corrected chi connectivity index (χ0v) is 9.76. The molecular weight excluding hydrogens is 220 g/mol. The van der Waals surface area contributed by atoms with Crippen LogP contribution in [0.4, 0.5) is 4.79 Å². The first-order chi connectivity index (χ1) is 8.22. The van der Waals surface area contributed by atoms with Crippen molar-refractivity contribution in [3.63, 3.8) is 0 Å². The molecule has 1 fully saturated rings. The van der Waals surface area contributed by atoms with Gasteiger partial charge in [0.15, 0.2) is 0 Å². The summed E-state index contributed by atoms with van der Waals surface area (Å²) in [6, 6.07) is 7.62. The van der Waals surface area contributed by atoms with Gasteiger partial charge in [-0.25, -0.2) is 4.79 Å². The summed E-state index contributed by atoms with van der Waals surface area (Å²) in [7, 11) is 1.62. The second-order valence-electron chi connectivity index (χ2n) is 3.97. The Morgan fingerprint density at radius 3 is 3.06 bits per heavy atom. The number of methoxy groups -OCH3 is 1. The molecule has 92 valence electrons. The molecule has 2 rings (SSSR count). The van der Waals surface area contributed by atoms with Crippen molar-refractivity contribution in [3.8, 4) is 5.75 Å². The van der Waals surface area contributed by atoms with E-state index in [2.05, 4.69) is 0 Å². The summed E-state index contributed by atoms with van der Waals surface area (Å²) >= 11 is 0. The van der Waals surface area contributed by atoms with Gasteiger partial charge in [0.2, 0.25) is 0 Å². The van der Waals surface area contributed by atoms with E-state index in [-0.39, 0.29) is 12.2 Å². The Morgan fingerprint density at radius 2 is 2.41 bits per heavy atom. The standard InChI is InChI=1S/C12H16N2O3/c1-16-10-4-2-3-9(5-10)7-14-8-11(6-13)17-12(14)15/h2-5,11H,6-8,13H2,1H3. The molecule has 1 aromatic rings. The first-order valence-corrected chi connectivity index (χ1v) is 5.51. The van der Waals surface area contributed by atoms with Crippen LogP contribution in [0.25, 0.3) is 0 Å². The number of ether oxygens (including phenoxy) is 2. The minimum Gasteiger partial charge on any atom is -0.497 e. The van der Waals surface area contributed by atoms with Gasteiger partial charge in [-0.15, -0.1) is 0 Å². The van der Waals surface area contributed by atoms with Crippen molar-refractivity contribution in [1.29, 1.82) is 0 Å². The molecule has 1 atom stereocenters. The average molecular weight is 236 g/mol. The van der Waals surface area contributed by atoms with Gasteiger partial charge in [-0.3, -0.25) is 0 Å². The first-order valence-electron chi connectivity index (χ1n) is 5.51. The summed E-state index contributed by atoms with van der Waals surface area (Å²) in [4.78, 5) is 13.2. The van der Waals surface area contributed by atoms with Crippen molar-refractivity contribution >= 4 is 6.09 Å². The number of hydrogen-bond acceptors (Lipinski definition) is 4. The van der Waals surface area contributed by atoms with Crippen molar-refractivity contribution in [1.82, 2.24) is 4.90 Å². The van der Waals surface area contributed by atoms with Crippen LogP contribution in [0.2, 0.25) is 0 Å². The molecule has 0 spiro atoms. The Kier molecular flexibility index (Phi) is 3.49. The molecule has 1 unspecified atom stereocenters. The zero-order chi connectivity index (χ0) is 12.3. The number of carbonyl (C=O) groups is 1. The van der Waals surface area contributed by atoms with Gasteiger partial charge in [-0.2, -0.15) is 0 Å². The molecule has 17 heavy (non-hydrogen) atoms. The molecule has 5 nitrogen and oxygen atoms in total. The van der Waals surface area contributed by atoms with E-state index in [1.165, 1.54) is 0 Å². The summed E-state index contributed by atoms with van der Waals surface area (Å²) in [6.45, 7) is 1.43. The van der Waals surface area contributed by atoms with Gasteiger partial charge < -0.3 is 20.1 Å². The first kappa shape index (κ1) is 11.7. The fourth-order valence-electron chi connectivity index (χ4n) is 1.82. The maximum atomic E-state index is 11.5. The molecule has 0 aliphatic carbocycles. The molecule has 1 saturated heterocycles. The predicted molar refractivity (Wildman–Crippen MR) is 62.7 cm³/mol. The van der Waals surface area contributed by atoms with E-state index in [1.807, 2.05) is 24.3 Å². The van der Waals surface area contributed by atoms with E-state index in [1.54, 1.807) is 12.0 Å². The second-order valence-corrected chi connectivity index (χ2v) is 3.97. The highest BCUT2D eigenvalue weighted by Gasteiger charge is 2.29. The Morgan fingerprint density at radius 1 is 1.59 bits per heavy atom. The largest absolute Gasteiger partial charge is 0.497 e. The van der Waals surface area contributed by atoms with E-state index in [0.717, 1.165) is 11.3 Å². The number of carbonyl (C=O) groups excluding carboxylic acids is 1. The van der Waals surface area contributed by atoms with E-state index < -0.39 is 0 Å². The van der Waals surface area contributed by atoms with Crippen molar-refractivity contribution in [2.24, 2.45) is 5.73 Å². The third-order valence-electron chi connectivity index (χ3n) is 2.72. The van der Waals surface area contributed by atoms with E-state index in [9.17, 15) is 4.79 Å². The third-order valence-corrected chi connectivity index (χ3v) is 2.72. The molecule has 5 heteroatoms. The van der Waals surface area contributed by atoms with Gasteiger partial charge in [0.25, 0.3) is 0 Å². The fraction of sp³-hybridized carbons (Fsp3) is 0.417. The highest BCUT2D eigenvalue weighted by atomic mass is 16.6. The van der Waals surface area contributed by atoms with E-state index in [0.29, 0.717) is 19.6 Å². The smallest absolute Gasteiger partial charge is 0.410 e. The van der Waals surface area contributed by atoms with Crippen LogP contribution in [-0.2, 0) is 11.3 Å². The van der Waals surface area contributed by atoms with Gasteiger partial charge in [0.1, 0.15) is 11.9 Å². The van der Waals surface area contributed by atoms with Crippen LogP contribution in [0.1, 0.15) is 5.56 Å². The van der Waals surface area contributed by atoms with Crippen molar-refractivity contribution in [2.45, 2.75) is 12.6 Å². The van der Waals surface area contributed by atoms with Crippen molar-refractivity contribution in [3.05, 3.63) is 29.8 Å². The van der Waals surface area contributed by atoms with Crippen LogP contribution in [0.15, 0.2) is 24.3 Å². The normalized spacial score (nSPS) is 19.3. The lowest BCUT2D eigenvalue weighted by molar-refractivity contribution is 0.134. The number of amides is 1. The van der Waals surface area contributed by atoms with Crippen LogP contribution >= 0.6 is 0 Å². The third kappa shape index (κ3) is 2.68. The van der Waals surface area contributed by atoms with E-state index in [4.69, 9.17) is 15.2 Å². The summed E-state index contributed by atoms with van der Waals surface area (Å²) in [5.41, 5.74) is 6.49. The van der Waals surface area contributed by atoms with Gasteiger partial charge in [-0.1, -0.05) is 12.1 Å². The molecule has 1 aliphatic heterocycles. The number of hydrogen-bond donors (Lipinski definition) is 1. The molecule has 1 aliphatic rings. The highest BCUT2D eigenvalue weighted by molar-refractivity contribution is 5.70. The lowest BCUT2D eigenvalue weighted by Gasteiger charge is -2.13. The van der Waals surface area contributed by atoms with Crippen LogP contribution in [-0.4, -0.2) is 37.3 Å². The maximum Gasteiger partial charge on any atom is 0.410 e. The second kappa shape index (κ2) is 5.05. The zero-order valence-electron chi connectivity index (χ0n) is 9.76. The van der Waals surface area contributed by atoms with Crippen LogP contribution in [0, 0.1) is 0 Å². The Bertz CT molecular complexity index is 408. The Labute approximate surface area is 100 Å². The van der Waals surface area contributed by atoms with Gasteiger partial charge >= 0.3 is 6.09 Å². The summed E-state index contributed by atoms with van der Waals surface area (Å²) in [6.07, 6.45) is -0.489. The van der Waals surface area contributed by atoms with Gasteiger partial charge in [0.05, 0.1) is 13.7 Å². The van der Waals surface area contributed by atoms with Crippen LogP contribution in [0.5, 0.6) is 5.75 Å². The number of benzene rings is 1. The molecule has 1 aromatic carbocycles. The van der Waals surface area contributed by atoms with Gasteiger partial charge in [-0.05, 0) is 17.7 Å². The minimum absolute atomic E-state index is 0.187. The van der Waals surface area contributed by atoms with Crippen LogP contribution < -0.4 is 10.5 Å². The summed E-state index contributed by atoms with van der Waals surface area (Å²) < 4.78 is 10.2. The number of nitrogens with zero attached hydrogens (tertiary/aromatic N) is 1. The summed E-state index contributed by atoms with van der Waals surface area (Å²) in [5.74, 6) is 0.783. The molecule has 2 N–H and O–H groups in total. The molecule has 1 heterocycles. The van der Waals surface area contributed by atoms with Crippen molar-refractivity contribution < 1.29 is 14.3 Å². The molecule has 1 amide bonds. The molecule has 0 aromatic heterocycles. The predicted octanol–water partition coefficient (Wildman–Crippen LogP) is 0.975. The number of rotatable bonds is 4. The lowest BCUT2D eigenvalue weighted by atomic mass is 10.2. The average Bonchev–Trinajstić information content (AvgIpc) is 2.70. The fourth-order valence-corrected chi connectivity index (χ4v) is 1.82. The minimum atomic E-state index is -0.303. The molecular formula is C12H16N2O3. The Balaban J connectivity index is 2.03. The lowest BCUT2D eigenvalue weighted by Crippen LogP contribution is -2.27. The number of nitrogens with two attached hydrogens (primary N) is 1. The topological polar surface area (TPSA) is 64.8 Å². The molecule has 0 bridgehead atoms. The van der Waals surface area contributed by atoms with E-state index >= 15 is 0 Å². The molecule has 0 saturated carbocycles. The molecule has 0 radical (unpaired) electrons. The monoisotopic (exact) mass is 236 g/mol.